The monoisotopic (exact) mass is 239 g/mol. The summed E-state index contributed by atoms with van der Waals surface area (Å²) in [5.74, 6) is 0.380. The van der Waals surface area contributed by atoms with Gasteiger partial charge in [-0.2, -0.15) is 0 Å². The Bertz CT molecular complexity index is 282. The van der Waals surface area contributed by atoms with E-state index in [2.05, 4.69) is 16.7 Å². The molecule has 0 aromatic carbocycles. The molecule has 3 atom stereocenters. The largest absolute Gasteiger partial charge is 0.337 e. The maximum atomic E-state index is 12.3. The fourth-order valence-corrected chi connectivity index (χ4v) is 3.15. The molecule has 0 saturated carbocycles. The number of carbonyl (C=O) groups excluding carboxylic acids is 1. The number of nitrogens with two attached hydrogens (primary N) is 1. The van der Waals surface area contributed by atoms with E-state index in [9.17, 15) is 4.79 Å². The number of nitrogens with zero attached hydrogens (tertiary/aromatic N) is 2. The molecule has 2 saturated heterocycles. The first-order valence-corrected chi connectivity index (χ1v) is 6.88. The number of hydrogen-bond acceptors (Lipinski definition) is 3. The van der Waals surface area contributed by atoms with Gasteiger partial charge in [0.15, 0.2) is 0 Å². The van der Waals surface area contributed by atoms with Crippen LogP contribution in [0.3, 0.4) is 0 Å². The average Bonchev–Trinajstić information content (AvgIpc) is 2.74. The van der Waals surface area contributed by atoms with E-state index >= 15 is 0 Å². The van der Waals surface area contributed by atoms with Crippen LogP contribution >= 0.6 is 0 Å². The lowest BCUT2D eigenvalue weighted by Crippen LogP contribution is -2.57. The molecular weight excluding hydrogens is 214 g/mol. The van der Waals surface area contributed by atoms with Gasteiger partial charge in [0.2, 0.25) is 5.91 Å². The van der Waals surface area contributed by atoms with Gasteiger partial charge in [-0.1, -0.05) is 6.92 Å². The third kappa shape index (κ3) is 2.63. The van der Waals surface area contributed by atoms with Crippen LogP contribution in [0.25, 0.3) is 0 Å². The van der Waals surface area contributed by atoms with E-state index < -0.39 is 0 Å². The molecule has 3 unspecified atom stereocenters. The molecular formula is C13H25N3O. The summed E-state index contributed by atoms with van der Waals surface area (Å²) in [5, 5.41) is 0. The van der Waals surface area contributed by atoms with E-state index in [0.29, 0.717) is 24.5 Å². The predicted molar refractivity (Wildman–Crippen MR) is 68.6 cm³/mol. The van der Waals surface area contributed by atoms with Crippen molar-refractivity contribution in [2.24, 2.45) is 11.7 Å². The molecule has 98 valence electrons. The summed E-state index contributed by atoms with van der Waals surface area (Å²) in [7, 11) is 0. The van der Waals surface area contributed by atoms with Crippen LogP contribution in [0.5, 0.6) is 0 Å². The molecule has 4 heteroatoms. The summed E-state index contributed by atoms with van der Waals surface area (Å²) in [4.78, 5) is 17.0. The molecule has 2 fully saturated rings. The van der Waals surface area contributed by atoms with Crippen molar-refractivity contribution in [3.05, 3.63) is 0 Å². The predicted octanol–water partition coefficient (Wildman–Crippen LogP) is 0.666. The molecule has 2 rings (SSSR count). The third-order valence-corrected chi connectivity index (χ3v) is 4.24. The minimum Gasteiger partial charge on any atom is -0.337 e. The number of rotatable bonds is 3. The van der Waals surface area contributed by atoms with Gasteiger partial charge in [-0.3, -0.25) is 9.69 Å². The van der Waals surface area contributed by atoms with Crippen molar-refractivity contribution in [2.75, 3.05) is 26.2 Å². The Kier molecular flexibility index (Phi) is 4.05. The van der Waals surface area contributed by atoms with Gasteiger partial charge in [-0.05, 0) is 39.3 Å². The molecule has 2 aliphatic rings. The minimum atomic E-state index is 0.0791. The molecule has 2 aliphatic heterocycles. The van der Waals surface area contributed by atoms with Crippen molar-refractivity contribution in [3.8, 4) is 0 Å². The van der Waals surface area contributed by atoms with Crippen molar-refractivity contribution in [1.29, 1.82) is 0 Å². The van der Waals surface area contributed by atoms with Crippen molar-refractivity contribution in [2.45, 2.75) is 45.2 Å². The second-order valence-corrected chi connectivity index (χ2v) is 5.61. The van der Waals surface area contributed by atoms with Crippen LogP contribution < -0.4 is 5.73 Å². The Morgan fingerprint density at radius 2 is 2.24 bits per heavy atom. The SMILES string of the molecule is CC(CCN)C(=O)N1CC2CCCN2CC1C. The zero-order chi connectivity index (χ0) is 12.4. The van der Waals surface area contributed by atoms with Crippen LogP contribution in [0.15, 0.2) is 0 Å². The number of piperazine rings is 1. The first-order chi connectivity index (χ1) is 8.13. The molecule has 0 spiro atoms. The lowest BCUT2D eigenvalue weighted by atomic mass is 10.0. The van der Waals surface area contributed by atoms with Crippen LogP contribution in [0.1, 0.15) is 33.1 Å². The Morgan fingerprint density at radius 3 is 2.94 bits per heavy atom. The summed E-state index contributed by atoms with van der Waals surface area (Å²) < 4.78 is 0. The third-order valence-electron chi connectivity index (χ3n) is 4.24. The van der Waals surface area contributed by atoms with Gasteiger partial charge in [-0.15, -0.1) is 0 Å². The van der Waals surface area contributed by atoms with Crippen LogP contribution in [0.4, 0.5) is 0 Å². The number of carbonyl (C=O) groups is 1. The van der Waals surface area contributed by atoms with Gasteiger partial charge in [0.25, 0.3) is 0 Å². The Balaban J connectivity index is 1.97. The van der Waals surface area contributed by atoms with E-state index in [-0.39, 0.29) is 5.92 Å². The van der Waals surface area contributed by atoms with E-state index in [1.54, 1.807) is 0 Å². The minimum absolute atomic E-state index is 0.0791. The fourth-order valence-electron chi connectivity index (χ4n) is 3.15. The molecule has 2 N–H and O–H groups in total. The first kappa shape index (κ1) is 12.8. The molecule has 1 amide bonds. The molecule has 2 heterocycles. The summed E-state index contributed by atoms with van der Waals surface area (Å²) in [5.41, 5.74) is 5.54. The van der Waals surface area contributed by atoms with Gasteiger partial charge in [0.1, 0.15) is 0 Å². The van der Waals surface area contributed by atoms with Crippen LogP contribution in [-0.4, -0.2) is 54.0 Å². The fraction of sp³-hybridized carbons (Fsp3) is 0.923. The van der Waals surface area contributed by atoms with Crippen LogP contribution in [0, 0.1) is 5.92 Å². The standard InChI is InChI=1S/C13H25N3O/c1-10(5-6-14)13(17)16-9-12-4-3-7-15(12)8-11(16)2/h10-12H,3-9,14H2,1-2H3. The van der Waals surface area contributed by atoms with Crippen LogP contribution in [-0.2, 0) is 4.79 Å². The van der Waals surface area contributed by atoms with Gasteiger partial charge < -0.3 is 10.6 Å². The second kappa shape index (κ2) is 5.36. The number of hydrogen-bond donors (Lipinski definition) is 1. The molecule has 4 nitrogen and oxygen atoms in total. The molecule has 0 aliphatic carbocycles. The van der Waals surface area contributed by atoms with E-state index in [1.165, 1.54) is 19.4 Å². The van der Waals surface area contributed by atoms with Crippen molar-refractivity contribution in [3.63, 3.8) is 0 Å². The quantitative estimate of drug-likeness (QED) is 0.787. The smallest absolute Gasteiger partial charge is 0.225 e. The van der Waals surface area contributed by atoms with E-state index in [4.69, 9.17) is 5.73 Å². The van der Waals surface area contributed by atoms with Gasteiger partial charge in [0.05, 0.1) is 0 Å². The second-order valence-electron chi connectivity index (χ2n) is 5.61. The Hall–Kier alpha value is -0.610. The summed E-state index contributed by atoms with van der Waals surface area (Å²) in [6, 6.07) is 0.970. The van der Waals surface area contributed by atoms with E-state index in [1.807, 2.05) is 6.92 Å². The van der Waals surface area contributed by atoms with E-state index in [0.717, 1.165) is 19.5 Å². The molecule has 0 bridgehead atoms. The number of amides is 1. The zero-order valence-electron chi connectivity index (χ0n) is 11.1. The van der Waals surface area contributed by atoms with Crippen molar-refractivity contribution < 1.29 is 4.79 Å². The Morgan fingerprint density at radius 1 is 1.47 bits per heavy atom. The maximum Gasteiger partial charge on any atom is 0.225 e. The molecule has 0 aromatic rings. The highest BCUT2D eigenvalue weighted by molar-refractivity contribution is 5.79. The molecule has 0 radical (unpaired) electrons. The highest BCUT2D eigenvalue weighted by Gasteiger charge is 2.37. The summed E-state index contributed by atoms with van der Waals surface area (Å²) >= 11 is 0. The normalized spacial score (nSPS) is 31.4. The molecule has 0 aromatic heterocycles. The zero-order valence-corrected chi connectivity index (χ0v) is 11.1. The van der Waals surface area contributed by atoms with Gasteiger partial charge >= 0.3 is 0 Å². The Labute approximate surface area is 104 Å². The van der Waals surface area contributed by atoms with Crippen LogP contribution in [0.2, 0.25) is 0 Å². The van der Waals surface area contributed by atoms with Crippen molar-refractivity contribution in [1.82, 2.24) is 9.80 Å². The topological polar surface area (TPSA) is 49.6 Å². The summed E-state index contributed by atoms with van der Waals surface area (Å²) in [6.45, 7) is 7.96. The highest BCUT2D eigenvalue weighted by Crippen LogP contribution is 2.25. The van der Waals surface area contributed by atoms with Gasteiger partial charge in [0, 0.05) is 31.1 Å². The first-order valence-electron chi connectivity index (χ1n) is 6.88. The number of fused-ring (bicyclic) bond motifs is 1. The molecule has 17 heavy (non-hydrogen) atoms. The lowest BCUT2D eigenvalue weighted by Gasteiger charge is -2.43. The summed E-state index contributed by atoms with van der Waals surface area (Å²) in [6.07, 6.45) is 3.34. The average molecular weight is 239 g/mol. The lowest BCUT2D eigenvalue weighted by molar-refractivity contribution is -0.140. The van der Waals surface area contributed by atoms with Crippen molar-refractivity contribution >= 4 is 5.91 Å². The van der Waals surface area contributed by atoms with Gasteiger partial charge in [-0.25, -0.2) is 0 Å². The highest BCUT2D eigenvalue weighted by atomic mass is 16.2. The maximum absolute atomic E-state index is 12.3.